The fourth-order valence-corrected chi connectivity index (χ4v) is 5.44. The average molecular weight is 408 g/mol. The molecular weight excluding hydrogens is 382 g/mol. The Morgan fingerprint density at radius 2 is 2.03 bits per heavy atom. The number of halogens is 1. The highest BCUT2D eigenvalue weighted by Gasteiger charge is 2.31. The summed E-state index contributed by atoms with van der Waals surface area (Å²) < 4.78 is 2.44. The normalized spacial score (nSPS) is 24.0. The quantitative estimate of drug-likeness (QED) is 0.605. The van der Waals surface area contributed by atoms with E-state index in [1.807, 2.05) is 17.0 Å². The Hall–Kier alpha value is -2.30. The summed E-state index contributed by atoms with van der Waals surface area (Å²) in [5.74, 6) is 0.991. The van der Waals surface area contributed by atoms with Crippen molar-refractivity contribution in [1.29, 1.82) is 0 Å². The Labute approximate surface area is 176 Å². The van der Waals surface area contributed by atoms with Gasteiger partial charge in [-0.15, -0.1) is 0 Å². The topological polar surface area (TPSA) is 37.3 Å². The van der Waals surface area contributed by atoms with Crippen LogP contribution in [0, 0.1) is 5.92 Å². The molecule has 2 aliphatic rings. The molecule has 3 atom stereocenters. The number of benzene rings is 2. The van der Waals surface area contributed by atoms with E-state index < -0.39 is 0 Å². The monoisotopic (exact) mass is 407 g/mol. The molecule has 29 heavy (non-hydrogen) atoms. The van der Waals surface area contributed by atoms with Crippen LogP contribution in [0.1, 0.15) is 36.8 Å². The first-order valence-electron chi connectivity index (χ1n) is 10.5. The van der Waals surface area contributed by atoms with Gasteiger partial charge >= 0.3 is 0 Å². The number of anilines is 1. The maximum absolute atomic E-state index is 11.5. The van der Waals surface area contributed by atoms with E-state index in [-0.39, 0.29) is 0 Å². The number of carbonyl (C=O) groups excluding carboxylic acids is 1. The summed E-state index contributed by atoms with van der Waals surface area (Å²) in [6.07, 6.45) is 6.57. The van der Waals surface area contributed by atoms with Crippen molar-refractivity contribution >= 4 is 34.6 Å². The Bertz CT molecular complexity index is 1030. The van der Waals surface area contributed by atoms with E-state index in [9.17, 15) is 4.79 Å². The minimum atomic E-state index is 0.426. The van der Waals surface area contributed by atoms with Gasteiger partial charge in [0.2, 0.25) is 6.41 Å². The van der Waals surface area contributed by atoms with Gasteiger partial charge in [-0.1, -0.05) is 35.9 Å². The first-order chi connectivity index (χ1) is 14.2. The Kier molecular flexibility index (Phi) is 5.06. The number of hydrogen-bond acceptors (Lipinski definition) is 2. The van der Waals surface area contributed by atoms with Gasteiger partial charge in [-0.3, -0.25) is 4.79 Å². The molecule has 0 aliphatic carbocycles. The van der Waals surface area contributed by atoms with Gasteiger partial charge < -0.3 is 14.8 Å². The predicted octanol–water partition coefficient (Wildman–Crippen LogP) is 4.99. The molecule has 0 radical (unpaired) electrons. The van der Waals surface area contributed by atoms with E-state index in [1.54, 1.807) is 0 Å². The van der Waals surface area contributed by atoms with Crippen molar-refractivity contribution < 1.29 is 4.79 Å². The third-order valence-electron chi connectivity index (χ3n) is 6.73. The lowest BCUT2D eigenvalue weighted by molar-refractivity contribution is -0.107. The van der Waals surface area contributed by atoms with Gasteiger partial charge in [0.05, 0.1) is 0 Å². The molecule has 1 aromatic heterocycles. The molecule has 1 fully saturated rings. The van der Waals surface area contributed by atoms with Crippen molar-refractivity contribution in [2.45, 2.75) is 31.2 Å². The number of nitrogens with one attached hydrogen (secondary N) is 1. The zero-order valence-corrected chi connectivity index (χ0v) is 17.2. The zero-order valence-electron chi connectivity index (χ0n) is 16.4. The number of rotatable bonds is 5. The van der Waals surface area contributed by atoms with Crippen LogP contribution in [0.2, 0.25) is 5.02 Å². The third kappa shape index (κ3) is 3.45. The lowest BCUT2D eigenvalue weighted by atomic mass is 9.85. The lowest BCUT2D eigenvalue weighted by Crippen LogP contribution is -2.38. The molecule has 5 heteroatoms. The van der Waals surface area contributed by atoms with Gasteiger partial charge in [-0.25, -0.2) is 0 Å². The Balaban J connectivity index is 1.36. The minimum Gasteiger partial charge on any atom is -0.344 e. The standard InChI is InChI=1S/C24H26ClN3O/c25-20-8-7-17-10-12-28(24(17)13-20)22-9-11-26-14-18(22)5-6-19-15-27(16-29)23-4-2-1-3-21(19)23/h1-4,7-8,10,12-13,16,18-19,22,26H,5-6,9,11,14-15H2. The third-order valence-corrected chi connectivity index (χ3v) is 6.96. The molecule has 3 unspecified atom stereocenters. The van der Waals surface area contributed by atoms with Crippen LogP contribution in [0.5, 0.6) is 0 Å². The zero-order chi connectivity index (χ0) is 19.8. The van der Waals surface area contributed by atoms with Crippen LogP contribution in [-0.2, 0) is 4.79 Å². The molecule has 1 N–H and O–H groups in total. The van der Waals surface area contributed by atoms with Crippen molar-refractivity contribution in [3.63, 3.8) is 0 Å². The summed E-state index contributed by atoms with van der Waals surface area (Å²) >= 11 is 6.29. The van der Waals surface area contributed by atoms with E-state index in [2.05, 4.69) is 52.5 Å². The molecule has 150 valence electrons. The van der Waals surface area contributed by atoms with Crippen LogP contribution in [0.15, 0.2) is 54.7 Å². The number of piperidine rings is 1. The largest absolute Gasteiger partial charge is 0.344 e. The summed E-state index contributed by atoms with van der Waals surface area (Å²) in [5.41, 5.74) is 3.63. The first-order valence-corrected chi connectivity index (χ1v) is 10.9. The van der Waals surface area contributed by atoms with Gasteiger partial charge in [0.1, 0.15) is 0 Å². The molecule has 2 aliphatic heterocycles. The van der Waals surface area contributed by atoms with E-state index in [0.717, 1.165) is 56.0 Å². The highest BCUT2D eigenvalue weighted by Crippen LogP contribution is 2.40. The van der Waals surface area contributed by atoms with Gasteiger partial charge in [-0.05, 0) is 73.5 Å². The fraction of sp³-hybridized carbons (Fsp3) is 0.375. The van der Waals surface area contributed by atoms with E-state index in [4.69, 9.17) is 11.6 Å². The summed E-state index contributed by atoms with van der Waals surface area (Å²) in [7, 11) is 0. The molecule has 0 spiro atoms. The van der Waals surface area contributed by atoms with Crippen LogP contribution in [-0.4, -0.2) is 30.6 Å². The molecule has 5 rings (SSSR count). The molecule has 2 aromatic carbocycles. The van der Waals surface area contributed by atoms with Gasteiger partial charge in [0.25, 0.3) is 0 Å². The van der Waals surface area contributed by atoms with Crippen LogP contribution < -0.4 is 10.2 Å². The first kappa shape index (κ1) is 18.7. The maximum atomic E-state index is 11.5. The summed E-state index contributed by atoms with van der Waals surface area (Å²) in [4.78, 5) is 13.3. The molecule has 3 aromatic rings. The second kappa shape index (κ2) is 7.85. The SMILES string of the molecule is O=CN1CC(CCC2CNCCC2n2ccc3ccc(Cl)cc32)c2ccccc21. The summed E-state index contributed by atoms with van der Waals surface area (Å²) in [5, 5.41) is 5.63. The van der Waals surface area contributed by atoms with E-state index >= 15 is 0 Å². The van der Waals surface area contributed by atoms with Crippen LogP contribution in [0.25, 0.3) is 10.9 Å². The molecular formula is C24H26ClN3O. The average Bonchev–Trinajstić information content (AvgIpc) is 3.33. The number of nitrogens with zero attached hydrogens (tertiary/aromatic N) is 2. The van der Waals surface area contributed by atoms with Gasteiger partial charge in [0, 0.05) is 40.9 Å². The number of aromatic nitrogens is 1. The van der Waals surface area contributed by atoms with Crippen molar-refractivity contribution in [2.24, 2.45) is 5.92 Å². The van der Waals surface area contributed by atoms with Crippen LogP contribution in [0.4, 0.5) is 5.69 Å². The molecule has 0 saturated carbocycles. The molecule has 1 saturated heterocycles. The van der Waals surface area contributed by atoms with E-state index in [1.165, 1.54) is 16.5 Å². The van der Waals surface area contributed by atoms with E-state index in [0.29, 0.717) is 17.9 Å². The number of amides is 1. The number of fused-ring (bicyclic) bond motifs is 2. The molecule has 3 heterocycles. The highest BCUT2D eigenvalue weighted by atomic mass is 35.5. The Morgan fingerprint density at radius 1 is 1.14 bits per heavy atom. The van der Waals surface area contributed by atoms with Gasteiger partial charge in [0.15, 0.2) is 0 Å². The van der Waals surface area contributed by atoms with Crippen molar-refractivity contribution in [1.82, 2.24) is 9.88 Å². The fourth-order valence-electron chi connectivity index (χ4n) is 5.27. The van der Waals surface area contributed by atoms with Crippen LogP contribution >= 0.6 is 11.6 Å². The molecule has 1 amide bonds. The second-order valence-corrected chi connectivity index (χ2v) is 8.77. The summed E-state index contributed by atoms with van der Waals surface area (Å²) in [6.45, 7) is 2.89. The van der Waals surface area contributed by atoms with Crippen molar-refractivity contribution in [3.05, 3.63) is 65.3 Å². The van der Waals surface area contributed by atoms with Crippen molar-refractivity contribution in [2.75, 3.05) is 24.5 Å². The van der Waals surface area contributed by atoms with Crippen molar-refractivity contribution in [3.8, 4) is 0 Å². The smallest absolute Gasteiger partial charge is 0.214 e. The lowest BCUT2D eigenvalue weighted by Gasteiger charge is -2.34. The Morgan fingerprint density at radius 3 is 2.93 bits per heavy atom. The number of hydrogen-bond donors (Lipinski definition) is 1. The highest BCUT2D eigenvalue weighted by molar-refractivity contribution is 6.31. The number of para-hydroxylation sites is 1. The summed E-state index contributed by atoms with van der Waals surface area (Å²) in [6, 6.07) is 17.2. The predicted molar refractivity (Wildman–Crippen MR) is 119 cm³/mol. The van der Waals surface area contributed by atoms with Gasteiger partial charge in [-0.2, -0.15) is 0 Å². The molecule has 4 nitrogen and oxygen atoms in total. The second-order valence-electron chi connectivity index (χ2n) is 8.34. The number of carbonyl (C=O) groups is 1. The maximum Gasteiger partial charge on any atom is 0.214 e. The van der Waals surface area contributed by atoms with Crippen LogP contribution in [0.3, 0.4) is 0 Å². The molecule has 0 bridgehead atoms. The minimum absolute atomic E-state index is 0.426.